The Morgan fingerprint density at radius 1 is 1.00 bits per heavy atom. The third kappa shape index (κ3) is 4.53. The number of nitrogens with zero attached hydrogens (tertiary/aromatic N) is 5. The molecule has 2 aliphatic heterocycles. The lowest BCUT2D eigenvalue weighted by molar-refractivity contribution is -0.00570. The van der Waals surface area contributed by atoms with Gasteiger partial charge < -0.3 is 24.0 Å². The number of carbonyl (C=O) groups excluding carboxylic acids is 1. The van der Waals surface area contributed by atoms with Gasteiger partial charge in [-0.15, -0.1) is 0 Å². The maximum absolute atomic E-state index is 12.0. The van der Waals surface area contributed by atoms with Crippen LogP contribution in [0, 0.1) is 0 Å². The summed E-state index contributed by atoms with van der Waals surface area (Å²) in [4.78, 5) is 31.2. The predicted molar refractivity (Wildman–Crippen MR) is 129 cm³/mol. The minimum atomic E-state index is -0.377. The second-order valence-electron chi connectivity index (χ2n) is 8.75. The van der Waals surface area contributed by atoms with Gasteiger partial charge in [0, 0.05) is 31.7 Å². The van der Waals surface area contributed by atoms with Gasteiger partial charge in [-0.05, 0) is 38.1 Å². The average molecular weight is 464 g/mol. The molecule has 2 fully saturated rings. The van der Waals surface area contributed by atoms with Crippen LogP contribution in [0.5, 0.6) is 0 Å². The fraction of sp³-hybridized carbons (Fsp3) is 0.440. The number of anilines is 2. The molecule has 0 radical (unpaired) electrons. The molecule has 0 spiro atoms. The molecule has 0 N–H and O–H groups in total. The van der Waals surface area contributed by atoms with Crippen LogP contribution in [-0.2, 0) is 14.2 Å². The summed E-state index contributed by atoms with van der Waals surface area (Å²) in [7, 11) is 1.38. The molecule has 34 heavy (non-hydrogen) atoms. The number of carbonyl (C=O) groups is 1. The second-order valence-corrected chi connectivity index (χ2v) is 8.75. The van der Waals surface area contributed by atoms with Gasteiger partial charge in [0.1, 0.15) is 5.82 Å². The van der Waals surface area contributed by atoms with Crippen molar-refractivity contribution < 1.29 is 19.0 Å². The fourth-order valence-corrected chi connectivity index (χ4v) is 4.57. The number of fused-ring (bicyclic) bond motifs is 1. The zero-order valence-corrected chi connectivity index (χ0v) is 19.7. The van der Waals surface area contributed by atoms with E-state index in [0.29, 0.717) is 30.4 Å². The van der Waals surface area contributed by atoms with Crippen molar-refractivity contribution in [1.82, 2.24) is 15.0 Å². The SMILES string of the molecule is COC(=O)c1cccc(-c2ccc3c(N4CCOCC4)nc(N4CC(C)OC(C)C4)nc3n2)c1. The first-order valence-corrected chi connectivity index (χ1v) is 11.6. The first-order valence-electron chi connectivity index (χ1n) is 11.6. The summed E-state index contributed by atoms with van der Waals surface area (Å²) in [5, 5.41) is 0.896. The van der Waals surface area contributed by atoms with Gasteiger partial charge in [-0.25, -0.2) is 9.78 Å². The van der Waals surface area contributed by atoms with Crippen molar-refractivity contribution in [3.05, 3.63) is 42.0 Å². The molecule has 0 saturated carbocycles. The Balaban J connectivity index is 1.60. The van der Waals surface area contributed by atoms with Gasteiger partial charge in [0.25, 0.3) is 0 Å². The van der Waals surface area contributed by atoms with Crippen LogP contribution in [0.25, 0.3) is 22.3 Å². The molecule has 2 saturated heterocycles. The van der Waals surface area contributed by atoms with E-state index in [4.69, 9.17) is 29.2 Å². The highest BCUT2D eigenvalue weighted by Crippen LogP contribution is 2.30. The Morgan fingerprint density at radius 3 is 2.50 bits per heavy atom. The van der Waals surface area contributed by atoms with Gasteiger partial charge in [-0.2, -0.15) is 9.97 Å². The summed E-state index contributed by atoms with van der Waals surface area (Å²) in [5.41, 5.74) is 2.67. The minimum Gasteiger partial charge on any atom is -0.465 e. The van der Waals surface area contributed by atoms with Crippen molar-refractivity contribution in [3.8, 4) is 11.3 Å². The lowest BCUT2D eigenvalue weighted by atomic mass is 10.1. The van der Waals surface area contributed by atoms with Crippen molar-refractivity contribution in [2.45, 2.75) is 26.1 Å². The first kappa shape index (κ1) is 22.5. The maximum atomic E-state index is 12.0. The number of pyridine rings is 1. The summed E-state index contributed by atoms with van der Waals surface area (Å²) >= 11 is 0. The minimum absolute atomic E-state index is 0.0928. The van der Waals surface area contributed by atoms with E-state index in [2.05, 4.69) is 23.6 Å². The number of esters is 1. The van der Waals surface area contributed by atoms with Crippen LogP contribution in [0.15, 0.2) is 36.4 Å². The lowest BCUT2D eigenvalue weighted by Gasteiger charge is -2.36. The molecule has 0 bridgehead atoms. The van der Waals surface area contributed by atoms with Gasteiger partial charge in [-0.1, -0.05) is 12.1 Å². The van der Waals surface area contributed by atoms with Crippen LogP contribution in [0.3, 0.4) is 0 Å². The third-order valence-corrected chi connectivity index (χ3v) is 6.12. The molecule has 4 heterocycles. The number of morpholine rings is 2. The van der Waals surface area contributed by atoms with E-state index in [9.17, 15) is 4.79 Å². The standard InChI is InChI=1S/C25H29N5O4/c1-16-14-30(15-17(2)34-16)25-27-22-20(23(28-25)29-9-11-33-12-10-29)7-8-21(26-22)18-5-4-6-19(13-18)24(31)32-3/h4-8,13,16-17H,9-12,14-15H2,1-3H3. The number of hydrogen-bond acceptors (Lipinski definition) is 9. The quantitative estimate of drug-likeness (QED) is 0.542. The molecule has 9 heteroatoms. The zero-order valence-electron chi connectivity index (χ0n) is 19.7. The third-order valence-electron chi connectivity index (χ3n) is 6.12. The predicted octanol–water partition coefficient (Wildman–Crippen LogP) is 2.93. The van der Waals surface area contributed by atoms with E-state index < -0.39 is 0 Å². The highest BCUT2D eigenvalue weighted by molar-refractivity contribution is 5.92. The molecule has 2 atom stereocenters. The van der Waals surface area contributed by atoms with Gasteiger partial charge in [0.2, 0.25) is 5.95 Å². The molecular formula is C25H29N5O4. The van der Waals surface area contributed by atoms with Gasteiger partial charge in [-0.3, -0.25) is 0 Å². The molecule has 0 aliphatic carbocycles. The van der Waals surface area contributed by atoms with Crippen LogP contribution >= 0.6 is 0 Å². The number of rotatable bonds is 4. The van der Waals surface area contributed by atoms with E-state index in [1.807, 2.05) is 24.3 Å². The van der Waals surface area contributed by atoms with Crippen molar-refractivity contribution in [3.63, 3.8) is 0 Å². The Morgan fingerprint density at radius 2 is 1.76 bits per heavy atom. The van der Waals surface area contributed by atoms with Crippen molar-refractivity contribution in [1.29, 1.82) is 0 Å². The molecule has 178 valence electrons. The van der Waals surface area contributed by atoms with Gasteiger partial charge >= 0.3 is 5.97 Å². The van der Waals surface area contributed by atoms with Crippen LogP contribution < -0.4 is 9.80 Å². The smallest absolute Gasteiger partial charge is 0.337 e. The van der Waals surface area contributed by atoms with E-state index in [1.54, 1.807) is 12.1 Å². The number of methoxy groups -OCH3 is 1. The highest BCUT2D eigenvalue weighted by atomic mass is 16.5. The Hall–Kier alpha value is -3.30. The summed E-state index contributed by atoms with van der Waals surface area (Å²) in [6.07, 6.45) is 0.186. The molecule has 2 aromatic heterocycles. The Bertz CT molecular complexity index is 1190. The summed E-state index contributed by atoms with van der Waals surface area (Å²) in [5.74, 6) is 1.15. The Labute approximate surface area is 198 Å². The molecule has 2 aliphatic rings. The molecule has 2 unspecified atom stereocenters. The number of benzene rings is 1. The van der Waals surface area contributed by atoms with E-state index >= 15 is 0 Å². The molecule has 3 aromatic rings. The molecular weight excluding hydrogens is 434 g/mol. The molecule has 0 amide bonds. The number of aromatic nitrogens is 3. The summed E-state index contributed by atoms with van der Waals surface area (Å²) in [6, 6.07) is 11.2. The lowest BCUT2D eigenvalue weighted by Crippen LogP contribution is -2.46. The van der Waals surface area contributed by atoms with Crippen LogP contribution in [0.1, 0.15) is 24.2 Å². The fourth-order valence-electron chi connectivity index (χ4n) is 4.57. The van der Waals surface area contributed by atoms with Gasteiger partial charge in [0.15, 0.2) is 5.65 Å². The monoisotopic (exact) mass is 463 g/mol. The largest absolute Gasteiger partial charge is 0.465 e. The van der Waals surface area contributed by atoms with Crippen LogP contribution in [0.2, 0.25) is 0 Å². The number of hydrogen-bond donors (Lipinski definition) is 0. The second kappa shape index (κ2) is 9.52. The van der Waals surface area contributed by atoms with E-state index in [-0.39, 0.29) is 18.2 Å². The summed E-state index contributed by atoms with van der Waals surface area (Å²) in [6.45, 7) is 8.44. The van der Waals surface area contributed by atoms with Crippen molar-refractivity contribution in [2.75, 3.05) is 56.3 Å². The van der Waals surface area contributed by atoms with E-state index in [1.165, 1.54) is 7.11 Å². The molecule has 9 nitrogen and oxygen atoms in total. The maximum Gasteiger partial charge on any atom is 0.337 e. The van der Waals surface area contributed by atoms with Crippen molar-refractivity contribution >= 4 is 28.8 Å². The summed E-state index contributed by atoms with van der Waals surface area (Å²) < 4.78 is 16.3. The average Bonchev–Trinajstić information content (AvgIpc) is 2.87. The van der Waals surface area contributed by atoms with E-state index in [0.717, 1.165) is 48.6 Å². The van der Waals surface area contributed by atoms with Crippen LogP contribution in [-0.4, -0.2) is 79.6 Å². The Kier molecular flexibility index (Phi) is 6.30. The number of ether oxygens (including phenoxy) is 3. The normalized spacial score (nSPS) is 21.0. The topological polar surface area (TPSA) is 89.9 Å². The highest BCUT2D eigenvalue weighted by Gasteiger charge is 2.26. The van der Waals surface area contributed by atoms with Crippen molar-refractivity contribution in [2.24, 2.45) is 0 Å². The van der Waals surface area contributed by atoms with Gasteiger partial charge in [0.05, 0.1) is 49.2 Å². The molecule has 5 rings (SSSR count). The molecule has 1 aromatic carbocycles. The van der Waals surface area contributed by atoms with Crippen LogP contribution in [0.4, 0.5) is 11.8 Å². The first-order chi connectivity index (χ1) is 16.5. The zero-order chi connectivity index (χ0) is 23.7.